The average molecular weight is 333 g/mol. The minimum absolute atomic E-state index is 0.123. The smallest absolute Gasteiger partial charge is 0.192 e. The number of terminal acetylenes is 1. The van der Waals surface area contributed by atoms with E-state index in [2.05, 4.69) is 51.9 Å². The molecular weight excluding hydrogens is 300 g/mol. The lowest BCUT2D eigenvalue weighted by molar-refractivity contribution is -0.0416. The molecule has 2 nitrogen and oxygen atoms in total. The van der Waals surface area contributed by atoms with Crippen LogP contribution in [0.1, 0.15) is 40.2 Å². The van der Waals surface area contributed by atoms with Gasteiger partial charge in [0.05, 0.1) is 24.7 Å². The van der Waals surface area contributed by atoms with E-state index >= 15 is 0 Å². The van der Waals surface area contributed by atoms with Crippen molar-refractivity contribution in [1.29, 1.82) is 0 Å². The van der Waals surface area contributed by atoms with Gasteiger partial charge in [-0.05, 0) is 37.5 Å². The van der Waals surface area contributed by atoms with E-state index in [1.165, 1.54) is 0 Å². The van der Waals surface area contributed by atoms with E-state index in [-0.39, 0.29) is 16.6 Å². The molecule has 0 heterocycles. The molecule has 0 aliphatic carbocycles. The molecule has 0 aliphatic heterocycles. The highest BCUT2D eigenvalue weighted by molar-refractivity contribution is 6.74. The summed E-state index contributed by atoms with van der Waals surface area (Å²) in [6.45, 7) is 16.4. The SMILES string of the molecule is C#CC(C)(C)C(CO[Si](C)(C)C(C)(C)C)OCc1ccccc1. The summed E-state index contributed by atoms with van der Waals surface area (Å²) >= 11 is 0. The minimum atomic E-state index is -1.82. The van der Waals surface area contributed by atoms with Crippen LogP contribution < -0.4 is 0 Å². The van der Waals surface area contributed by atoms with Gasteiger partial charge in [0.1, 0.15) is 0 Å². The van der Waals surface area contributed by atoms with Crippen molar-refractivity contribution >= 4 is 8.32 Å². The van der Waals surface area contributed by atoms with Crippen LogP contribution in [0.5, 0.6) is 0 Å². The predicted molar refractivity (Wildman–Crippen MR) is 101 cm³/mol. The third-order valence-corrected chi connectivity index (χ3v) is 9.37. The van der Waals surface area contributed by atoms with Gasteiger partial charge in [0.15, 0.2) is 8.32 Å². The fraction of sp³-hybridized carbons (Fsp3) is 0.600. The zero-order valence-electron chi connectivity index (χ0n) is 15.8. The molecule has 0 N–H and O–H groups in total. The first-order valence-corrected chi connectivity index (χ1v) is 11.2. The molecule has 0 radical (unpaired) electrons. The van der Waals surface area contributed by atoms with Crippen LogP contribution in [0.2, 0.25) is 18.1 Å². The molecule has 0 spiro atoms. The van der Waals surface area contributed by atoms with Crippen molar-refractivity contribution in [3.8, 4) is 12.3 Å². The van der Waals surface area contributed by atoms with E-state index in [9.17, 15) is 0 Å². The Morgan fingerprint density at radius 1 is 1.09 bits per heavy atom. The van der Waals surface area contributed by atoms with E-state index in [1.54, 1.807) is 0 Å². The molecule has 1 aromatic rings. The van der Waals surface area contributed by atoms with Gasteiger partial charge in [0.25, 0.3) is 0 Å². The second-order valence-electron chi connectivity index (χ2n) is 8.22. The zero-order chi connectivity index (χ0) is 17.7. The van der Waals surface area contributed by atoms with E-state index in [0.717, 1.165) is 5.56 Å². The van der Waals surface area contributed by atoms with Crippen LogP contribution in [0, 0.1) is 17.8 Å². The first-order valence-electron chi connectivity index (χ1n) is 8.27. The monoisotopic (exact) mass is 332 g/mol. The molecule has 0 fully saturated rings. The highest BCUT2D eigenvalue weighted by Crippen LogP contribution is 2.37. The van der Waals surface area contributed by atoms with Crippen molar-refractivity contribution in [2.45, 2.75) is 65.5 Å². The number of hydrogen-bond donors (Lipinski definition) is 0. The van der Waals surface area contributed by atoms with Crippen molar-refractivity contribution in [2.75, 3.05) is 6.61 Å². The Hall–Kier alpha value is -1.08. The van der Waals surface area contributed by atoms with Crippen molar-refractivity contribution in [3.05, 3.63) is 35.9 Å². The molecule has 128 valence electrons. The van der Waals surface area contributed by atoms with Gasteiger partial charge in [-0.3, -0.25) is 0 Å². The van der Waals surface area contributed by atoms with Crippen molar-refractivity contribution < 1.29 is 9.16 Å². The van der Waals surface area contributed by atoms with Crippen LogP contribution in [-0.2, 0) is 15.8 Å². The Kier molecular flexibility index (Phi) is 6.65. The fourth-order valence-corrected chi connectivity index (χ4v) is 2.83. The number of rotatable bonds is 7. The summed E-state index contributed by atoms with van der Waals surface area (Å²) < 4.78 is 12.5. The fourth-order valence-electron chi connectivity index (χ4n) is 1.83. The normalized spacial score (nSPS) is 14.3. The zero-order valence-corrected chi connectivity index (χ0v) is 16.8. The largest absolute Gasteiger partial charge is 0.414 e. The number of ether oxygens (including phenoxy) is 1. The molecule has 23 heavy (non-hydrogen) atoms. The maximum atomic E-state index is 6.35. The van der Waals surface area contributed by atoms with Crippen molar-refractivity contribution in [2.24, 2.45) is 5.41 Å². The second kappa shape index (κ2) is 7.66. The highest BCUT2D eigenvalue weighted by Gasteiger charge is 2.39. The Balaban J connectivity index is 2.77. The van der Waals surface area contributed by atoms with Gasteiger partial charge < -0.3 is 9.16 Å². The molecule has 0 bridgehead atoms. The second-order valence-corrected chi connectivity index (χ2v) is 13.0. The van der Waals surface area contributed by atoms with Crippen LogP contribution in [0.25, 0.3) is 0 Å². The lowest BCUT2D eigenvalue weighted by Crippen LogP contribution is -2.45. The molecule has 0 amide bonds. The van der Waals surface area contributed by atoms with Gasteiger partial charge in [0.2, 0.25) is 0 Å². The van der Waals surface area contributed by atoms with Crippen molar-refractivity contribution in [1.82, 2.24) is 0 Å². The van der Waals surface area contributed by atoms with Crippen LogP contribution in [0.4, 0.5) is 0 Å². The van der Waals surface area contributed by atoms with Crippen LogP contribution in [0.3, 0.4) is 0 Å². The molecule has 1 rings (SSSR count). The summed E-state index contributed by atoms with van der Waals surface area (Å²) in [7, 11) is -1.82. The maximum Gasteiger partial charge on any atom is 0.192 e. The van der Waals surface area contributed by atoms with Gasteiger partial charge in [-0.2, -0.15) is 0 Å². The van der Waals surface area contributed by atoms with Crippen LogP contribution in [-0.4, -0.2) is 21.0 Å². The molecule has 1 unspecified atom stereocenters. The summed E-state index contributed by atoms with van der Waals surface area (Å²) in [5.41, 5.74) is 0.787. The summed E-state index contributed by atoms with van der Waals surface area (Å²) in [5, 5.41) is 0.178. The van der Waals surface area contributed by atoms with E-state index in [0.29, 0.717) is 13.2 Å². The quantitative estimate of drug-likeness (QED) is 0.501. The Morgan fingerprint density at radius 3 is 2.13 bits per heavy atom. The third kappa shape index (κ3) is 5.80. The molecule has 1 atom stereocenters. The average Bonchev–Trinajstić information content (AvgIpc) is 2.46. The third-order valence-electron chi connectivity index (χ3n) is 4.87. The number of benzene rings is 1. The van der Waals surface area contributed by atoms with Gasteiger partial charge in [-0.1, -0.05) is 57.0 Å². The highest BCUT2D eigenvalue weighted by atomic mass is 28.4. The Labute approximate surface area is 143 Å². The van der Waals surface area contributed by atoms with E-state index in [1.807, 2.05) is 32.0 Å². The van der Waals surface area contributed by atoms with Gasteiger partial charge >= 0.3 is 0 Å². The van der Waals surface area contributed by atoms with Crippen LogP contribution >= 0.6 is 0 Å². The van der Waals surface area contributed by atoms with E-state index in [4.69, 9.17) is 15.6 Å². The van der Waals surface area contributed by atoms with Crippen molar-refractivity contribution in [3.63, 3.8) is 0 Å². The molecule has 0 aromatic heterocycles. The summed E-state index contributed by atoms with van der Waals surface area (Å²) in [5.74, 6) is 2.86. The lowest BCUT2D eigenvalue weighted by Gasteiger charge is -2.39. The topological polar surface area (TPSA) is 18.5 Å². The Morgan fingerprint density at radius 2 is 1.65 bits per heavy atom. The standard InChI is InChI=1S/C20H32O2Si/c1-9-20(5,6)18(16-22-23(7,8)19(2,3)4)21-15-17-13-11-10-12-14-17/h1,10-14,18H,15-16H2,2-8H3. The Bertz CT molecular complexity index is 521. The predicted octanol–water partition coefficient (Wildman–Crippen LogP) is 5.25. The summed E-state index contributed by atoms with van der Waals surface area (Å²) in [6.07, 6.45) is 5.60. The summed E-state index contributed by atoms with van der Waals surface area (Å²) in [4.78, 5) is 0. The molecule has 0 aliphatic rings. The van der Waals surface area contributed by atoms with Crippen LogP contribution in [0.15, 0.2) is 30.3 Å². The first-order chi connectivity index (χ1) is 10.5. The molecule has 0 saturated heterocycles. The molecular formula is C20H32O2Si. The molecule has 0 saturated carbocycles. The molecule has 3 heteroatoms. The van der Waals surface area contributed by atoms with Gasteiger partial charge in [0, 0.05) is 0 Å². The van der Waals surface area contributed by atoms with E-state index < -0.39 is 8.32 Å². The number of hydrogen-bond acceptors (Lipinski definition) is 2. The van der Waals surface area contributed by atoms with Gasteiger partial charge in [-0.25, -0.2) is 0 Å². The lowest BCUT2D eigenvalue weighted by atomic mass is 9.88. The summed E-state index contributed by atoms with van der Waals surface area (Å²) in [6, 6.07) is 10.2. The molecule has 1 aromatic carbocycles. The maximum absolute atomic E-state index is 6.35. The first kappa shape index (κ1) is 20.0. The van der Waals surface area contributed by atoms with Gasteiger partial charge in [-0.15, -0.1) is 6.42 Å². The minimum Gasteiger partial charge on any atom is -0.414 e.